The van der Waals surface area contributed by atoms with Crippen molar-refractivity contribution in [2.75, 3.05) is 19.6 Å². The van der Waals surface area contributed by atoms with E-state index < -0.39 is 0 Å². The lowest BCUT2D eigenvalue weighted by atomic mass is 9.96. The lowest BCUT2D eigenvalue weighted by molar-refractivity contribution is 0.243. The Bertz CT molecular complexity index is 272. The van der Waals surface area contributed by atoms with Gasteiger partial charge in [-0.3, -0.25) is 4.90 Å². The highest BCUT2D eigenvalue weighted by Crippen LogP contribution is 2.36. The largest absolute Gasteiger partial charge is 0.329 e. The van der Waals surface area contributed by atoms with Crippen LogP contribution < -0.4 is 11.1 Å². The van der Waals surface area contributed by atoms with Crippen molar-refractivity contribution in [3.05, 3.63) is 12.2 Å². The summed E-state index contributed by atoms with van der Waals surface area (Å²) in [7, 11) is 0. The molecule has 2 atom stereocenters. The van der Waals surface area contributed by atoms with E-state index in [0.717, 1.165) is 25.7 Å². The van der Waals surface area contributed by atoms with Gasteiger partial charge in [-0.1, -0.05) is 12.2 Å². The van der Waals surface area contributed by atoms with Crippen LogP contribution in [-0.4, -0.2) is 42.2 Å². The van der Waals surface area contributed by atoms with E-state index in [9.17, 15) is 0 Å². The van der Waals surface area contributed by atoms with Gasteiger partial charge in [-0.25, -0.2) is 0 Å². The topological polar surface area (TPSA) is 41.3 Å². The van der Waals surface area contributed by atoms with E-state index in [1.807, 2.05) is 0 Å². The van der Waals surface area contributed by atoms with Crippen LogP contribution in [0.5, 0.6) is 0 Å². The Morgan fingerprint density at radius 2 is 2.25 bits per heavy atom. The summed E-state index contributed by atoms with van der Waals surface area (Å²) in [5.41, 5.74) is 7.29. The lowest BCUT2D eigenvalue weighted by Gasteiger charge is -2.29. The molecule has 2 rings (SSSR count). The molecule has 1 saturated carbocycles. The van der Waals surface area contributed by atoms with Gasteiger partial charge in [0.05, 0.1) is 0 Å². The maximum absolute atomic E-state index is 5.98. The van der Waals surface area contributed by atoms with Gasteiger partial charge in [0.2, 0.25) is 0 Å². The van der Waals surface area contributed by atoms with Gasteiger partial charge in [0.1, 0.15) is 0 Å². The quantitative estimate of drug-likeness (QED) is 0.686. The van der Waals surface area contributed by atoms with Crippen molar-refractivity contribution >= 4 is 0 Å². The molecule has 3 nitrogen and oxygen atoms in total. The van der Waals surface area contributed by atoms with Crippen LogP contribution in [0.25, 0.3) is 0 Å². The highest BCUT2D eigenvalue weighted by molar-refractivity contribution is 5.07. The van der Waals surface area contributed by atoms with Crippen molar-refractivity contribution in [1.82, 2.24) is 10.2 Å². The summed E-state index contributed by atoms with van der Waals surface area (Å²) in [6, 6.07) is 1.52. The molecule has 3 heteroatoms. The van der Waals surface area contributed by atoms with E-state index in [0.29, 0.717) is 6.04 Å². The molecule has 2 aliphatic rings. The monoisotopic (exact) mass is 223 g/mol. The minimum atomic E-state index is 0.126. The standard InChI is InChI=1S/C13H25N3/c1-10(2)7-15-13(8-14)6-11(3)16(9-13)12-4-5-12/h11-12,15H,1,4-9,14H2,2-3H3. The molecule has 16 heavy (non-hydrogen) atoms. The first-order chi connectivity index (χ1) is 7.56. The molecule has 0 aromatic carbocycles. The summed E-state index contributed by atoms with van der Waals surface area (Å²) in [5, 5.41) is 3.62. The van der Waals surface area contributed by atoms with Gasteiger partial charge >= 0.3 is 0 Å². The van der Waals surface area contributed by atoms with Gasteiger partial charge < -0.3 is 11.1 Å². The molecule has 0 bridgehead atoms. The SMILES string of the molecule is C=C(C)CNC1(CN)CC(C)N(C2CC2)C1. The van der Waals surface area contributed by atoms with Gasteiger partial charge in [0.15, 0.2) is 0 Å². The van der Waals surface area contributed by atoms with E-state index >= 15 is 0 Å². The predicted molar refractivity (Wildman–Crippen MR) is 68.4 cm³/mol. The zero-order valence-corrected chi connectivity index (χ0v) is 10.6. The van der Waals surface area contributed by atoms with Crippen LogP contribution in [0.2, 0.25) is 0 Å². The van der Waals surface area contributed by atoms with Crippen LogP contribution in [-0.2, 0) is 0 Å². The molecule has 0 amide bonds. The minimum Gasteiger partial charge on any atom is -0.329 e. The zero-order chi connectivity index (χ0) is 11.8. The number of likely N-dealkylation sites (tertiary alicyclic amines) is 1. The molecule has 2 unspecified atom stereocenters. The van der Waals surface area contributed by atoms with Crippen molar-refractivity contribution in [2.24, 2.45) is 5.73 Å². The van der Waals surface area contributed by atoms with Crippen LogP contribution in [0.4, 0.5) is 0 Å². The molecule has 0 aromatic rings. The van der Waals surface area contributed by atoms with Gasteiger partial charge in [-0.2, -0.15) is 0 Å². The van der Waals surface area contributed by atoms with Gasteiger partial charge in [0.25, 0.3) is 0 Å². The first kappa shape index (κ1) is 12.1. The Labute approximate surface area is 99.1 Å². The van der Waals surface area contributed by atoms with Crippen molar-refractivity contribution in [2.45, 2.75) is 50.7 Å². The summed E-state index contributed by atoms with van der Waals surface area (Å²) in [5.74, 6) is 0. The van der Waals surface area contributed by atoms with E-state index in [1.165, 1.54) is 24.8 Å². The molecule has 0 spiro atoms. The summed E-state index contributed by atoms with van der Waals surface area (Å²) >= 11 is 0. The Morgan fingerprint density at radius 1 is 1.56 bits per heavy atom. The number of hydrogen-bond donors (Lipinski definition) is 2. The number of nitrogens with one attached hydrogen (secondary N) is 1. The summed E-state index contributed by atoms with van der Waals surface area (Å²) in [4.78, 5) is 2.64. The van der Waals surface area contributed by atoms with E-state index in [2.05, 4.69) is 30.6 Å². The van der Waals surface area contributed by atoms with Gasteiger partial charge in [-0.05, 0) is 33.1 Å². The van der Waals surface area contributed by atoms with Crippen LogP contribution in [0, 0.1) is 0 Å². The average Bonchev–Trinajstić information content (AvgIpc) is 3.01. The predicted octanol–water partition coefficient (Wildman–Crippen LogP) is 1.11. The molecule has 2 fully saturated rings. The average molecular weight is 223 g/mol. The summed E-state index contributed by atoms with van der Waals surface area (Å²) in [6.07, 6.45) is 3.93. The smallest absolute Gasteiger partial charge is 0.0450 e. The summed E-state index contributed by atoms with van der Waals surface area (Å²) < 4.78 is 0. The fourth-order valence-electron chi connectivity index (χ4n) is 2.83. The van der Waals surface area contributed by atoms with Crippen molar-refractivity contribution in [3.8, 4) is 0 Å². The molecule has 0 aromatic heterocycles. The normalized spacial score (nSPS) is 35.6. The van der Waals surface area contributed by atoms with Crippen molar-refractivity contribution < 1.29 is 0 Å². The number of nitrogens with two attached hydrogens (primary N) is 1. The van der Waals surface area contributed by atoms with Crippen molar-refractivity contribution in [3.63, 3.8) is 0 Å². The maximum Gasteiger partial charge on any atom is 0.0450 e. The second-order valence-corrected chi connectivity index (χ2v) is 5.75. The molecule has 1 aliphatic heterocycles. The fourth-order valence-corrected chi connectivity index (χ4v) is 2.83. The molecule has 1 aliphatic carbocycles. The minimum absolute atomic E-state index is 0.126. The molecule has 92 valence electrons. The first-order valence-corrected chi connectivity index (χ1v) is 6.41. The number of rotatable bonds is 5. The zero-order valence-electron chi connectivity index (χ0n) is 10.6. The Kier molecular flexibility index (Phi) is 3.38. The second-order valence-electron chi connectivity index (χ2n) is 5.75. The molecule has 1 saturated heterocycles. The Balaban J connectivity index is 1.96. The second kappa shape index (κ2) is 4.47. The van der Waals surface area contributed by atoms with Crippen LogP contribution in [0.15, 0.2) is 12.2 Å². The number of hydrogen-bond acceptors (Lipinski definition) is 3. The molecule has 0 radical (unpaired) electrons. The van der Waals surface area contributed by atoms with E-state index in [1.54, 1.807) is 0 Å². The molecule has 1 heterocycles. The maximum atomic E-state index is 5.98. The molecular weight excluding hydrogens is 198 g/mol. The third-order valence-electron chi connectivity index (χ3n) is 3.91. The van der Waals surface area contributed by atoms with Crippen molar-refractivity contribution in [1.29, 1.82) is 0 Å². The van der Waals surface area contributed by atoms with Crippen LogP contribution in [0.3, 0.4) is 0 Å². The highest BCUT2D eigenvalue weighted by Gasteiger charge is 2.45. The summed E-state index contributed by atoms with van der Waals surface area (Å²) in [6.45, 7) is 11.1. The Hall–Kier alpha value is -0.380. The van der Waals surface area contributed by atoms with E-state index in [-0.39, 0.29) is 5.54 Å². The lowest BCUT2D eigenvalue weighted by Crippen LogP contribution is -2.53. The highest BCUT2D eigenvalue weighted by atomic mass is 15.3. The van der Waals surface area contributed by atoms with E-state index in [4.69, 9.17) is 5.73 Å². The van der Waals surface area contributed by atoms with Gasteiger partial charge in [0, 0.05) is 37.3 Å². The fraction of sp³-hybridized carbons (Fsp3) is 0.846. The number of nitrogens with zero attached hydrogens (tertiary/aromatic N) is 1. The Morgan fingerprint density at radius 3 is 2.75 bits per heavy atom. The van der Waals surface area contributed by atoms with Crippen LogP contribution in [0.1, 0.15) is 33.1 Å². The molecular formula is C13H25N3. The van der Waals surface area contributed by atoms with Gasteiger partial charge in [-0.15, -0.1) is 0 Å². The third kappa shape index (κ3) is 2.47. The first-order valence-electron chi connectivity index (χ1n) is 6.41. The van der Waals surface area contributed by atoms with Crippen LogP contribution >= 0.6 is 0 Å². The third-order valence-corrected chi connectivity index (χ3v) is 3.91. The molecule has 3 N–H and O–H groups in total.